The zero-order valence-corrected chi connectivity index (χ0v) is 18.2. The van der Waals surface area contributed by atoms with Gasteiger partial charge in [0, 0.05) is 22.6 Å². The van der Waals surface area contributed by atoms with Crippen molar-refractivity contribution in [3.63, 3.8) is 0 Å². The van der Waals surface area contributed by atoms with Crippen LogP contribution in [0.25, 0.3) is 0 Å². The van der Waals surface area contributed by atoms with Crippen molar-refractivity contribution in [3.8, 4) is 23.0 Å². The van der Waals surface area contributed by atoms with E-state index in [1.807, 2.05) is 0 Å². The summed E-state index contributed by atoms with van der Waals surface area (Å²) in [6.45, 7) is -0.934. The highest BCUT2D eigenvalue weighted by molar-refractivity contribution is 9.10. The standard InChI is InChI=1S/C20H21BrFNO7/c1-26-16-8-18(28-3)17(27-2)6-12(16)9-23-19(24)10-30-20(25)11-29-15-5-4-13(21)7-14(15)22/h4-8H,9-11H2,1-3H3,(H,23,24). The summed E-state index contributed by atoms with van der Waals surface area (Å²) in [5.41, 5.74) is 0.642. The first-order chi connectivity index (χ1) is 14.4. The van der Waals surface area contributed by atoms with Crippen molar-refractivity contribution in [2.75, 3.05) is 34.5 Å². The Balaban J connectivity index is 1.82. The second-order valence-corrected chi connectivity index (χ2v) is 6.74. The van der Waals surface area contributed by atoms with Gasteiger partial charge in [-0.1, -0.05) is 15.9 Å². The van der Waals surface area contributed by atoms with Crippen LogP contribution in [0.4, 0.5) is 4.39 Å². The van der Waals surface area contributed by atoms with E-state index in [2.05, 4.69) is 21.2 Å². The highest BCUT2D eigenvalue weighted by atomic mass is 79.9. The third kappa shape index (κ3) is 6.51. The van der Waals surface area contributed by atoms with Crippen LogP contribution in [0.3, 0.4) is 0 Å². The molecular formula is C20H21BrFNO7. The molecule has 0 aromatic heterocycles. The van der Waals surface area contributed by atoms with E-state index in [0.29, 0.717) is 27.3 Å². The predicted molar refractivity (Wildman–Crippen MR) is 108 cm³/mol. The maximum absolute atomic E-state index is 13.6. The van der Waals surface area contributed by atoms with E-state index in [-0.39, 0.29) is 12.3 Å². The Labute approximate surface area is 181 Å². The van der Waals surface area contributed by atoms with Crippen molar-refractivity contribution >= 4 is 27.8 Å². The summed E-state index contributed by atoms with van der Waals surface area (Å²) in [5, 5.41) is 2.61. The Kier molecular flexibility index (Phi) is 8.72. The van der Waals surface area contributed by atoms with Crippen molar-refractivity contribution in [2.24, 2.45) is 0 Å². The average molecular weight is 486 g/mol. The summed E-state index contributed by atoms with van der Waals surface area (Å²) in [7, 11) is 4.49. The number of esters is 1. The van der Waals surface area contributed by atoms with Gasteiger partial charge in [0.25, 0.3) is 5.91 Å². The fraction of sp³-hybridized carbons (Fsp3) is 0.300. The minimum absolute atomic E-state index is 0.0971. The monoisotopic (exact) mass is 485 g/mol. The number of rotatable bonds is 10. The van der Waals surface area contributed by atoms with Crippen LogP contribution >= 0.6 is 15.9 Å². The van der Waals surface area contributed by atoms with Crippen molar-refractivity contribution in [1.29, 1.82) is 0 Å². The number of amides is 1. The quantitative estimate of drug-likeness (QED) is 0.517. The number of carbonyl (C=O) groups is 2. The molecule has 0 aliphatic rings. The van der Waals surface area contributed by atoms with Gasteiger partial charge >= 0.3 is 5.97 Å². The molecule has 0 heterocycles. The number of halogens is 2. The van der Waals surface area contributed by atoms with E-state index in [1.165, 1.54) is 33.5 Å². The second-order valence-electron chi connectivity index (χ2n) is 5.82. The first-order valence-corrected chi connectivity index (χ1v) is 9.46. The van der Waals surface area contributed by atoms with E-state index < -0.39 is 30.9 Å². The van der Waals surface area contributed by atoms with E-state index in [4.69, 9.17) is 23.7 Å². The van der Waals surface area contributed by atoms with E-state index in [9.17, 15) is 14.0 Å². The minimum Gasteiger partial charge on any atom is -0.496 e. The SMILES string of the molecule is COc1cc(OC)c(OC)cc1CNC(=O)COC(=O)COc1ccc(Br)cc1F. The lowest BCUT2D eigenvalue weighted by Crippen LogP contribution is -2.29. The smallest absolute Gasteiger partial charge is 0.344 e. The highest BCUT2D eigenvalue weighted by Gasteiger charge is 2.14. The normalized spacial score (nSPS) is 10.2. The van der Waals surface area contributed by atoms with E-state index >= 15 is 0 Å². The number of carbonyl (C=O) groups excluding carboxylic acids is 2. The molecule has 0 spiro atoms. The first kappa shape index (κ1) is 23.3. The average Bonchev–Trinajstić information content (AvgIpc) is 2.74. The number of ether oxygens (including phenoxy) is 5. The maximum Gasteiger partial charge on any atom is 0.344 e. The van der Waals surface area contributed by atoms with Crippen LogP contribution in [0, 0.1) is 5.82 Å². The number of nitrogens with one attached hydrogen (secondary N) is 1. The molecule has 10 heteroatoms. The lowest BCUT2D eigenvalue weighted by molar-refractivity contribution is -0.150. The van der Waals surface area contributed by atoms with Crippen molar-refractivity contribution in [3.05, 3.63) is 46.2 Å². The second kappa shape index (κ2) is 11.2. The van der Waals surface area contributed by atoms with Crippen LogP contribution in [-0.4, -0.2) is 46.4 Å². The Morgan fingerprint density at radius 1 is 0.933 bits per heavy atom. The molecular weight excluding hydrogens is 465 g/mol. The molecule has 2 rings (SSSR count). The molecule has 2 aromatic carbocycles. The van der Waals surface area contributed by atoms with Gasteiger partial charge in [0.05, 0.1) is 21.3 Å². The molecule has 0 radical (unpaired) electrons. The molecule has 0 fully saturated rings. The summed E-state index contributed by atoms with van der Waals surface area (Å²) < 4.78 is 39.8. The molecule has 0 aliphatic heterocycles. The molecule has 0 saturated carbocycles. The van der Waals surface area contributed by atoms with Crippen LogP contribution < -0.4 is 24.3 Å². The minimum atomic E-state index is -0.809. The summed E-state index contributed by atoms with van der Waals surface area (Å²) in [6.07, 6.45) is 0. The zero-order chi connectivity index (χ0) is 22.1. The fourth-order valence-corrected chi connectivity index (χ4v) is 2.73. The van der Waals surface area contributed by atoms with Crippen molar-refractivity contribution in [1.82, 2.24) is 5.32 Å². The summed E-state index contributed by atoms with van der Waals surface area (Å²) in [5.74, 6) is -0.605. The van der Waals surface area contributed by atoms with Gasteiger partial charge in [0.1, 0.15) is 5.75 Å². The Hall–Kier alpha value is -3.01. The van der Waals surface area contributed by atoms with Gasteiger partial charge in [0.2, 0.25) is 0 Å². The van der Waals surface area contributed by atoms with Gasteiger partial charge in [0.15, 0.2) is 36.3 Å². The lowest BCUT2D eigenvalue weighted by atomic mass is 10.1. The Morgan fingerprint density at radius 3 is 2.23 bits per heavy atom. The van der Waals surface area contributed by atoms with Crippen LogP contribution in [0.5, 0.6) is 23.0 Å². The predicted octanol–water partition coefficient (Wildman–Crippen LogP) is 2.85. The molecule has 0 bridgehead atoms. The molecule has 1 N–H and O–H groups in total. The first-order valence-electron chi connectivity index (χ1n) is 8.67. The molecule has 2 aromatic rings. The van der Waals surface area contributed by atoms with E-state index in [0.717, 1.165) is 0 Å². The lowest BCUT2D eigenvalue weighted by Gasteiger charge is -2.14. The largest absolute Gasteiger partial charge is 0.496 e. The summed E-state index contributed by atoms with van der Waals surface area (Å²) in [4.78, 5) is 23.7. The third-order valence-electron chi connectivity index (χ3n) is 3.87. The van der Waals surface area contributed by atoms with Gasteiger partial charge in [-0.15, -0.1) is 0 Å². The fourth-order valence-electron chi connectivity index (χ4n) is 2.39. The van der Waals surface area contributed by atoms with Gasteiger partial charge in [-0.3, -0.25) is 4.79 Å². The van der Waals surface area contributed by atoms with Crippen molar-refractivity contribution in [2.45, 2.75) is 6.54 Å². The maximum atomic E-state index is 13.6. The van der Waals surface area contributed by atoms with Crippen LogP contribution in [0.1, 0.15) is 5.56 Å². The third-order valence-corrected chi connectivity index (χ3v) is 4.36. The van der Waals surface area contributed by atoms with E-state index in [1.54, 1.807) is 18.2 Å². The number of hydrogen-bond acceptors (Lipinski definition) is 7. The Bertz CT molecular complexity index is 907. The Morgan fingerprint density at radius 2 is 1.60 bits per heavy atom. The molecule has 0 aliphatic carbocycles. The molecule has 162 valence electrons. The van der Waals surface area contributed by atoms with Gasteiger partial charge in [-0.2, -0.15) is 0 Å². The van der Waals surface area contributed by atoms with Gasteiger partial charge in [-0.25, -0.2) is 9.18 Å². The van der Waals surface area contributed by atoms with Gasteiger partial charge in [-0.05, 0) is 24.3 Å². The summed E-state index contributed by atoms with van der Waals surface area (Å²) >= 11 is 3.12. The number of methoxy groups -OCH3 is 3. The number of hydrogen-bond donors (Lipinski definition) is 1. The molecule has 0 atom stereocenters. The molecule has 30 heavy (non-hydrogen) atoms. The van der Waals surface area contributed by atoms with Crippen LogP contribution in [-0.2, 0) is 20.9 Å². The topological polar surface area (TPSA) is 92.3 Å². The molecule has 0 unspecified atom stereocenters. The highest BCUT2D eigenvalue weighted by Crippen LogP contribution is 2.34. The number of benzene rings is 2. The van der Waals surface area contributed by atoms with Crippen molar-refractivity contribution < 1.29 is 37.7 Å². The molecule has 0 saturated heterocycles. The zero-order valence-electron chi connectivity index (χ0n) is 16.6. The van der Waals surface area contributed by atoms with Gasteiger partial charge < -0.3 is 29.0 Å². The molecule has 8 nitrogen and oxygen atoms in total. The molecule has 1 amide bonds. The van der Waals surface area contributed by atoms with Crippen LogP contribution in [0.15, 0.2) is 34.8 Å². The summed E-state index contributed by atoms with van der Waals surface area (Å²) in [6, 6.07) is 7.45. The van der Waals surface area contributed by atoms with Crippen LogP contribution in [0.2, 0.25) is 0 Å².